The van der Waals surface area contributed by atoms with Crippen LogP contribution in [0.3, 0.4) is 0 Å². The second kappa shape index (κ2) is 6.67. The van der Waals surface area contributed by atoms with E-state index in [0.717, 1.165) is 18.4 Å². The Balaban J connectivity index is 1.96. The van der Waals surface area contributed by atoms with Gasteiger partial charge >= 0.3 is 0 Å². The van der Waals surface area contributed by atoms with Crippen molar-refractivity contribution < 1.29 is 0 Å². The second-order valence-electron chi connectivity index (χ2n) is 5.83. The summed E-state index contributed by atoms with van der Waals surface area (Å²) in [6.45, 7) is 7.90. The largest absolute Gasteiger partial charge is 0.314 e. The first kappa shape index (κ1) is 14.0. The average molecular weight is 266 g/mol. The van der Waals surface area contributed by atoms with Crippen molar-refractivity contribution in [3.8, 4) is 0 Å². The van der Waals surface area contributed by atoms with Crippen molar-refractivity contribution in [2.75, 3.05) is 6.54 Å². The molecule has 0 radical (unpaired) electrons. The van der Waals surface area contributed by atoms with Crippen LogP contribution < -0.4 is 5.32 Å². The molecule has 0 spiro atoms. The van der Waals surface area contributed by atoms with E-state index < -0.39 is 0 Å². The van der Waals surface area contributed by atoms with Crippen molar-refractivity contribution in [1.29, 1.82) is 0 Å². The first-order chi connectivity index (χ1) is 8.69. The molecule has 3 atom stereocenters. The zero-order valence-corrected chi connectivity index (χ0v) is 12.7. The lowest BCUT2D eigenvalue weighted by Gasteiger charge is -2.35. The summed E-state index contributed by atoms with van der Waals surface area (Å²) in [4.78, 5) is 4.64. The van der Waals surface area contributed by atoms with Gasteiger partial charge < -0.3 is 5.32 Å². The molecule has 2 nitrogen and oxygen atoms in total. The van der Waals surface area contributed by atoms with Gasteiger partial charge in [-0.2, -0.15) is 0 Å². The van der Waals surface area contributed by atoms with E-state index in [4.69, 9.17) is 0 Å². The van der Waals surface area contributed by atoms with E-state index >= 15 is 0 Å². The Hall–Kier alpha value is -0.410. The molecule has 1 aliphatic rings. The fraction of sp³-hybridized carbons (Fsp3) is 0.800. The second-order valence-corrected chi connectivity index (χ2v) is 6.77. The third-order valence-electron chi connectivity index (χ3n) is 4.00. The third-order valence-corrected chi connectivity index (χ3v) is 4.99. The van der Waals surface area contributed by atoms with Crippen molar-refractivity contribution in [2.45, 2.75) is 58.9 Å². The summed E-state index contributed by atoms with van der Waals surface area (Å²) in [7, 11) is 0. The topological polar surface area (TPSA) is 24.9 Å². The monoisotopic (exact) mass is 266 g/mol. The van der Waals surface area contributed by atoms with Gasteiger partial charge in [0.05, 0.1) is 5.01 Å². The summed E-state index contributed by atoms with van der Waals surface area (Å²) in [5, 5.41) is 7.25. The standard InChI is InChI=1S/C15H26N2S/c1-4-7-16-14-6-5-11(2)8-13(14)9-15-17-12(3)10-18-15/h10-11,13-14,16H,4-9H2,1-3H3. The molecule has 2 rings (SSSR count). The number of aryl methyl sites for hydroxylation is 1. The van der Waals surface area contributed by atoms with Crippen LogP contribution in [0.5, 0.6) is 0 Å². The molecule has 0 saturated heterocycles. The Morgan fingerprint density at radius 3 is 2.94 bits per heavy atom. The van der Waals surface area contributed by atoms with E-state index in [9.17, 15) is 0 Å². The van der Waals surface area contributed by atoms with Gasteiger partial charge in [0.15, 0.2) is 0 Å². The number of rotatable bonds is 5. The van der Waals surface area contributed by atoms with Crippen molar-refractivity contribution >= 4 is 11.3 Å². The zero-order valence-electron chi connectivity index (χ0n) is 11.9. The van der Waals surface area contributed by atoms with Gasteiger partial charge in [0.2, 0.25) is 0 Å². The van der Waals surface area contributed by atoms with Gasteiger partial charge in [0.1, 0.15) is 0 Å². The number of hydrogen-bond acceptors (Lipinski definition) is 3. The lowest BCUT2D eigenvalue weighted by atomic mass is 9.77. The molecule has 1 saturated carbocycles. The third kappa shape index (κ3) is 3.79. The van der Waals surface area contributed by atoms with Crippen LogP contribution in [0.15, 0.2) is 5.38 Å². The number of nitrogens with zero attached hydrogens (tertiary/aromatic N) is 1. The van der Waals surface area contributed by atoms with Gasteiger partial charge in [-0.15, -0.1) is 11.3 Å². The molecule has 3 heteroatoms. The average Bonchev–Trinajstić information content (AvgIpc) is 2.74. The van der Waals surface area contributed by atoms with Gasteiger partial charge in [-0.05, 0) is 51.0 Å². The molecule has 1 aromatic heterocycles. The van der Waals surface area contributed by atoms with Crippen LogP contribution in [0.4, 0.5) is 0 Å². The molecule has 102 valence electrons. The summed E-state index contributed by atoms with van der Waals surface area (Å²) >= 11 is 1.83. The molecule has 1 heterocycles. The van der Waals surface area contributed by atoms with E-state index in [0.29, 0.717) is 6.04 Å². The maximum atomic E-state index is 4.64. The van der Waals surface area contributed by atoms with E-state index in [1.807, 2.05) is 11.3 Å². The van der Waals surface area contributed by atoms with Crippen molar-refractivity contribution in [2.24, 2.45) is 11.8 Å². The molecule has 3 unspecified atom stereocenters. The Morgan fingerprint density at radius 2 is 2.28 bits per heavy atom. The molecule has 0 aromatic carbocycles. The number of hydrogen-bond donors (Lipinski definition) is 1. The highest BCUT2D eigenvalue weighted by molar-refractivity contribution is 7.09. The molecule has 0 aliphatic heterocycles. The minimum atomic E-state index is 0.713. The molecule has 1 fully saturated rings. The maximum absolute atomic E-state index is 4.64. The van der Waals surface area contributed by atoms with Crippen LogP contribution in [-0.2, 0) is 6.42 Å². The first-order valence-electron chi connectivity index (χ1n) is 7.33. The van der Waals surface area contributed by atoms with Gasteiger partial charge in [-0.3, -0.25) is 0 Å². The number of aromatic nitrogens is 1. The maximum Gasteiger partial charge on any atom is 0.0931 e. The zero-order chi connectivity index (χ0) is 13.0. The fourth-order valence-electron chi connectivity index (χ4n) is 3.04. The van der Waals surface area contributed by atoms with Crippen LogP contribution >= 0.6 is 11.3 Å². The predicted octanol–water partition coefficient (Wildman–Crippen LogP) is 3.80. The summed E-state index contributed by atoms with van der Waals surface area (Å²) in [6.07, 6.45) is 6.49. The summed E-state index contributed by atoms with van der Waals surface area (Å²) in [6, 6.07) is 0.713. The highest BCUT2D eigenvalue weighted by atomic mass is 32.1. The SMILES string of the molecule is CCCNC1CCC(C)CC1Cc1nc(C)cs1. The van der Waals surface area contributed by atoms with Crippen LogP contribution in [-0.4, -0.2) is 17.6 Å². The lowest BCUT2D eigenvalue weighted by Crippen LogP contribution is -2.41. The van der Waals surface area contributed by atoms with Crippen LogP contribution in [0.1, 0.15) is 50.2 Å². The Kier molecular flexibility index (Phi) is 5.19. The highest BCUT2D eigenvalue weighted by Crippen LogP contribution is 2.32. The summed E-state index contributed by atoms with van der Waals surface area (Å²) in [5.74, 6) is 1.67. The molecule has 0 bridgehead atoms. The molecule has 1 N–H and O–H groups in total. The quantitative estimate of drug-likeness (QED) is 0.877. The Morgan fingerprint density at radius 1 is 1.44 bits per heavy atom. The van der Waals surface area contributed by atoms with E-state index in [2.05, 4.69) is 36.5 Å². The van der Waals surface area contributed by atoms with Crippen molar-refractivity contribution in [3.05, 3.63) is 16.1 Å². The number of nitrogens with one attached hydrogen (secondary N) is 1. The Labute approximate surface area is 115 Å². The predicted molar refractivity (Wildman–Crippen MR) is 79.1 cm³/mol. The minimum Gasteiger partial charge on any atom is -0.314 e. The molecule has 1 aliphatic carbocycles. The van der Waals surface area contributed by atoms with Crippen LogP contribution in [0.25, 0.3) is 0 Å². The van der Waals surface area contributed by atoms with E-state index in [-0.39, 0.29) is 0 Å². The molecule has 1 aromatic rings. The van der Waals surface area contributed by atoms with Crippen molar-refractivity contribution in [3.63, 3.8) is 0 Å². The van der Waals surface area contributed by atoms with Gasteiger partial charge in [-0.25, -0.2) is 4.98 Å². The van der Waals surface area contributed by atoms with E-state index in [1.165, 1.54) is 42.8 Å². The molecular weight excluding hydrogens is 240 g/mol. The molecule has 0 amide bonds. The van der Waals surface area contributed by atoms with Gasteiger partial charge in [0.25, 0.3) is 0 Å². The molecular formula is C15H26N2S. The summed E-state index contributed by atoms with van der Waals surface area (Å²) < 4.78 is 0. The first-order valence-corrected chi connectivity index (χ1v) is 8.21. The number of thiazole rings is 1. The van der Waals surface area contributed by atoms with Crippen LogP contribution in [0, 0.1) is 18.8 Å². The van der Waals surface area contributed by atoms with Gasteiger partial charge in [0, 0.05) is 23.5 Å². The highest BCUT2D eigenvalue weighted by Gasteiger charge is 2.28. The van der Waals surface area contributed by atoms with Crippen LogP contribution in [0.2, 0.25) is 0 Å². The minimum absolute atomic E-state index is 0.713. The normalized spacial score (nSPS) is 28.5. The van der Waals surface area contributed by atoms with Crippen molar-refractivity contribution in [1.82, 2.24) is 10.3 Å². The van der Waals surface area contributed by atoms with Gasteiger partial charge in [-0.1, -0.05) is 13.8 Å². The smallest absolute Gasteiger partial charge is 0.0931 e. The summed E-state index contributed by atoms with van der Waals surface area (Å²) in [5.41, 5.74) is 1.18. The molecule has 18 heavy (non-hydrogen) atoms. The fourth-order valence-corrected chi connectivity index (χ4v) is 3.91. The lowest BCUT2D eigenvalue weighted by molar-refractivity contribution is 0.212. The Bertz CT molecular complexity index is 359. The van der Waals surface area contributed by atoms with E-state index in [1.54, 1.807) is 0 Å².